The van der Waals surface area contributed by atoms with Crippen LogP contribution in [0.3, 0.4) is 0 Å². The highest BCUT2D eigenvalue weighted by atomic mass is 35.5. The number of carboxylic acids is 1. The first-order chi connectivity index (χ1) is 20.7. The third-order valence-electron chi connectivity index (χ3n) is 7.14. The Morgan fingerprint density at radius 3 is 2.42 bits per heavy atom. The van der Waals surface area contributed by atoms with E-state index in [4.69, 9.17) is 16.3 Å². The number of hydrogen-bond acceptors (Lipinski definition) is 5. The first kappa shape index (κ1) is 29.3. The first-order valence-corrected chi connectivity index (χ1v) is 13.8. The number of aryl methyl sites for hydroxylation is 1. The smallest absolute Gasteiger partial charge is 0.323 e. The third-order valence-corrected chi connectivity index (χ3v) is 7.37. The van der Waals surface area contributed by atoms with Crippen LogP contribution in [0.25, 0.3) is 11.1 Å². The number of fused-ring (bicyclic) bond motifs is 1. The number of aliphatic carboxylic acids is 1. The summed E-state index contributed by atoms with van der Waals surface area (Å²) in [5, 5.41) is 12.6. The van der Waals surface area contributed by atoms with Gasteiger partial charge >= 0.3 is 5.97 Å². The van der Waals surface area contributed by atoms with Gasteiger partial charge in [0.25, 0.3) is 11.8 Å². The molecular formula is C33H28ClN3O6. The summed E-state index contributed by atoms with van der Waals surface area (Å²) in [7, 11) is 1.44. The standard InChI is InChI=1S/C33H28ClN3O6/c1-20-7-9-21(10-8-20)24-5-3-4-6-25(24)32(41)35-26-13-11-22(17-29(26)43-2)33(42)36-16-15-30(38)37(19-31(39)40)28-18-23(34)12-14-27(28)36/h3-14,17-18H,15-16,19H2,1-2H3,(H,35,41)(H,39,40). The molecule has 0 saturated heterocycles. The zero-order valence-electron chi connectivity index (χ0n) is 23.5. The molecule has 5 rings (SSSR count). The van der Waals surface area contributed by atoms with Crippen molar-refractivity contribution in [2.75, 3.05) is 35.3 Å². The number of nitrogens with zero attached hydrogens (tertiary/aromatic N) is 2. The first-order valence-electron chi connectivity index (χ1n) is 13.5. The molecule has 2 N–H and O–H groups in total. The quantitative estimate of drug-likeness (QED) is 0.268. The largest absolute Gasteiger partial charge is 0.495 e. The van der Waals surface area contributed by atoms with Gasteiger partial charge in [-0.1, -0.05) is 59.6 Å². The fourth-order valence-corrected chi connectivity index (χ4v) is 5.16. The summed E-state index contributed by atoms with van der Waals surface area (Å²) in [6, 6.07) is 24.5. The molecule has 0 aromatic heterocycles. The van der Waals surface area contributed by atoms with E-state index in [0.717, 1.165) is 21.6 Å². The van der Waals surface area contributed by atoms with Crippen molar-refractivity contribution in [1.82, 2.24) is 0 Å². The molecule has 1 aliphatic rings. The number of hydrogen-bond donors (Lipinski definition) is 2. The highest BCUT2D eigenvalue weighted by Gasteiger charge is 2.31. The zero-order chi connectivity index (χ0) is 30.7. The van der Waals surface area contributed by atoms with E-state index in [-0.39, 0.29) is 35.9 Å². The van der Waals surface area contributed by atoms with Crippen molar-refractivity contribution in [3.63, 3.8) is 0 Å². The number of rotatable bonds is 7. The molecule has 10 heteroatoms. The molecule has 0 bridgehead atoms. The van der Waals surface area contributed by atoms with Crippen LogP contribution in [0.4, 0.5) is 17.1 Å². The molecule has 9 nitrogen and oxygen atoms in total. The van der Waals surface area contributed by atoms with Crippen LogP contribution in [0.15, 0.2) is 84.9 Å². The SMILES string of the molecule is COc1cc(C(=O)N2CCC(=O)N(CC(=O)O)c3cc(Cl)ccc32)ccc1NC(=O)c1ccccc1-c1ccc(C)cc1. The maximum absolute atomic E-state index is 13.8. The highest BCUT2D eigenvalue weighted by molar-refractivity contribution is 6.31. The monoisotopic (exact) mass is 597 g/mol. The average molecular weight is 598 g/mol. The lowest BCUT2D eigenvalue weighted by Gasteiger charge is -2.25. The summed E-state index contributed by atoms with van der Waals surface area (Å²) in [6.07, 6.45) is -0.0863. The Bertz CT molecular complexity index is 1740. The van der Waals surface area contributed by atoms with Crippen LogP contribution < -0.4 is 19.9 Å². The van der Waals surface area contributed by atoms with Crippen molar-refractivity contribution in [2.24, 2.45) is 0 Å². The summed E-state index contributed by atoms with van der Waals surface area (Å²) < 4.78 is 5.55. The minimum atomic E-state index is -1.19. The molecular weight excluding hydrogens is 570 g/mol. The highest BCUT2D eigenvalue weighted by Crippen LogP contribution is 2.37. The summed E-state index contributed by atoms with van der Waals surface area (Å²) in [5.74, 6) is -2.15. The van der Waals surface area contributed by atoms with E-state index < -0.39 is 24.3 Å². The lowest BCUT2D eigenvalue weighted by molar-refractivity contribution is -0.136. The van der Waals surface area contributed by atoms with Crippen molar-refractivity contribution in [3.8, 4) is 16.9 Å². The van der Waals surface area contributed by atoms with Crippen molar-refractivity contribution >= 4 is 52.4 Å². The number of ether oxygens (including phenoxy) is 1. The van der Waals surface area contributed by atoms with Crippen LogP contribution in [-0.2, 0) is 9.59 Å². The van der Waals surface area contributed by atoms with Crippen LogP contribution in [0.1, 0.15) is 32.7 Å². The van der Waals surface area contributed by atoms with Crippen LogP contribution >= 0.6 is 11.6 Å². The van der Waals surface area contributed by atoms with Gasteiger partial charge in [0.1, 0.15) is 12.3 Å². The number of nitrogens with one attached hydrogen (secondary N) is 1. The third kappa shape index (κ3) is 6.22. The van der Waals surface area contributed by atoms with Gasteiger partial charge in [-0.15, -0.1) is 0 Å². The Morgan fingerprint density at radius 2 is 1.70 bits per heavy atom. The van der Waals surface area contributed by atoms with E-state index in [1.807, 2.05) is 43.3 Å². The van der Waals surface area contributed by atoms with E-state index >= 15 is 0 Å². The van der Waals surface area contributed by atoms with E-state index in [9.17, 15) is 24.3 Å². The number of carbonyl (C=O) groups excluding carboxylic acids is 3. The molecule has 1 aliphatic heterocycles. The molecule has 0 fully saturated rings. The summed E-state index contributed by atoms with van der Waals surface area (Å²) >= 11 is 6.18. The molecule has 0 radical (unpaired) electrons. The second kappa shape index (κ2) is 12.4. The molecule has 1 heterocycles. The van der Waals surface area contributed by atoms with Crippen LogP contribution in [0, 0.1) is 6.92 Å². The van der Waals surface area contributed by atoms with Crippen molar-refractivity contribution < 1.29 is 29.0 Å². The lowest BCUT2D eigenvalue weighted by Crippen LogP contribution is -2.35. The van der Waals surface area contributed by atoms with E-state index in [0.29, 0.717) is 22.0 Å². The number of carboxylic acid groups (broad SMARTS) is 1. The molecule has 0 unspecified atom stereocenters. The molecule has 3 amide bonds. The van der Waals surface area contributed by atoms with Gasteiger partial charge in [0.15, 0.2) is 0 Å². The fraction of sp³-hybridized carbons (Fsp3) is 0.152. The lowest BCUT2D eigenvalue weighted by atomic mass is 9.98. The number of methoxy groups -OCH3 is 1. The van der Waals surface area contributed by atoms with Gasteiger partial charge in [-0.25, -0.2) is 0 Å². The fourth-order valence-electron chi connectivity index (χ4n) is 5.00. The zero-order valence-corrected chi connectivity index (χ0v) is 24.2. The van der Waals surface area contributed by atoms with Gasteiger partial charge in [-0.05, 0) is 60.5 Å². The van der Waals surface area contributed by atoms with Gasteiger partial charge in [0.05, 0.1) is 24.2 Å². The molecule has 4 aromatic carbocycles. The maximum atomic E-state index is 13.8. The van der Waals surface area contributed by atoms with Crippen LogP contribution in [0.2, 0.25) is 5.02 Å². The Kier molecular flexibility index (Phi) is 8.45. The number of halogens is 1. The average Bonchev–Trinajstić information content (AvgIpc) is 3.13. The molecule has 0 saturated carbocycles. The number of anilines is 3. The number of carbonyl (C=O) groups is 4. The Morgan fingerprint density at radius 1 is 0.953 bits per heavy atom. The molecule has 0 atom stereocenters. The van der Waals surface area contributed by atoms with E-state index in [1.54, 1.807) is 36.4 Å². The van der Waals surface area contributed by atoms with Gasteiger partial charge < -0.3 is 20.1 Å². The summed E-state index contributed by atoms with van der Waals surface area (Å²) in [6.45, 7) is 1.46. The second-order valence-corrected chi connectivity index (χ2v) is 10.4. The van der Waals surface area contributed by atoms with E-state index in [2.05, 4.69) is 5.32 Å². The predicted octanol–water partition coefficient (Wildman–Crippen LogP) is 6.04. The maximum Gasteiger partial charge on any atom is 0.323 e. The Balaban J connectivity index is 1.44. The van der Waals surface area contributed by atoms with Crippen molar-refractivity contribution in [3.05, 3.63) is 107 Å². The minimum absolute atomic E-state index is 0.0268. The van der Waals surface area contributed by atoms with Crippen molar-refractivity contribution in [2.45, 2.75) is 13.3 Å². The molecule has 0 spiro atoms. The van der Waals surface area contributed by atoms with E-state index in [1.165, 1.54) is 24.1 Å². The Labute approximate surface area is 253 Å². The topological polar surface area (TPSA) is 116 Å². The molecule has 43 heavy (non-hydrogen) atoms. The number of amides is 3. The molecule has 218 valence electrons. The van der Waals surface area contributed by atoms with Crippen molar-refractivity contribution in [1.29, 1.82) is 0 Å². The van der Waals surface area contributed by atoms with Crippen LogP contribution in [-0.4, -0.2) is 49.0 Å². The minimum Gasteiger partial charge on any atom is -0.495 e. The normalized spacial score (nSPS) is 12.8. The Hall–Kier alpha value is -5.15. The molecule has 0 aliphatic carbocycles. The van der Waals surface area contributed by atoms with Gasteiger partial charge in [-0.2, -0.15) is 0 Å². The number of benzene rings is 4. The van der Waals surface area contributed by atoms with Gasteiger partial charge in [0.2, 0.25) is 5.91 Å². The van der Waals surface area contributed by atoms with Gasteiger partial charge in [-0.3, -0.25) is 24.1 Å². The molecule has 4 aromatic rings. The van der Waals surface area contributed by atoms with Gasteiger partial charge in [0, 0.05) is 29.1 Å². The summed E-state index contributed by atoms with van der Waals surface area (Å²) in [5.41, 5.74) is 4.47. The second-order valence-electron chi connectivity index (χ2n) is 9.99. The van der Waals surface area contributed by atoms with Crippen LogP contribution in [0.5, 0.6) is 5.75 Å². The predicted molar refractivity (Wildman–Crippen MR) is 165 cm³/mol. The summed E-state index contributed by atoms with van der Waals surface area (Å²) in [4.78, 5) is 54.1.